The van der Waals surface area contributed by atoms with Crippen LogP contribution in [0.5, 0.6) is 0 Å². The van der Waals surface area contributed by atoms with E-state index in [2.05, 4.69) is 59.5 Å². The van der Waals surface area contributed by atoms with Crippen LogP contribution in [-0.4, -0.2) is 142 Å². The Hall–Kier alpha value is -5.54. The molecule has 0 saturated carbocycles. The molecular formula is C50H66IN9O12S3. The monoisotopic (exact) mass is 1200 g/mol. The highest BCUT2D eigenvalue weighted by molar-refractivity contribution is 14.1. The molecule has 2 heterocycles. The molecule has 21 nitrogen and oxygen atoms in total. The largest absolute Gasteiger partial charge is 0.481 e. The van der Waals surface area contributed by atoms with Gasteiger partial charge in [0.05, 0.1) is 42.8 Å². The number of hydrogen-bond acceptors (Lipinski definition) is 15. The molecule has 0 aromatic heterocycles. The predicted octanol–water partition coefficient (Wildman–Crippen LogP) is 1.86. The van der Waals surface area contributed by atoms with E-state index in [1.807, 2.05) is 6.07 Å². The van der Waals surface area contributed by atoms with Gasteiger partial charge in [0.1, 0.15) is 6.04 Å². The fourth-order valence-electron chi connectivity index (χ4n) is 8.10. The third kappa shape index (κ3) is 22.7. The van der Waals surface area contributed by atoms with Gasteiger partial charge in [-0.15, -0.1) is 11.8 Å². The minimum Gasteiger partial charge on any atom is -0.481 e. The number of hydrogen-bond donors (Lipinski definition) is 9. The number of nitrogens with zero attached hydrogens (tertiary/aromatic N) is 1. The second kappa shape index (κ2) is 32.8. The molecule has 0 unspecified atom stereocenters. The second-order valence-electron chi connectivity index (χ2n) is 18.1. The number of thioether (sulfide) groups is 1. The second-order valence-corrected chi connectivity index (χ2v) is 22.9. The molecule has 2 aromatic carbocycles. The van der Waals surface area contributed by atoms with E-state index in [1.54, 1.807) is 55.5 Å². The van der Waals surface area contributed by atoms with Crippen LogP contribution in [0.3, 0.4) is 0 Å². The van der Waals surface area contributed by atoms with Gasteiger partial charge in [0.2, 0.25) is 29.5 Å². The number of rotatable bonds is 16. The summed E-state index contributed by atoms with van der Waals surface area (Å²) in [6.45, 7) is 1.32. The summed E-state index contributed by atoms with van der Waals surface area (Å²) < 4.78 is 0.879. The van der Waals surface area contributed by atoms with E-state index in [4.69, 9.17) is 11.5 Å². The topological polar surface area (TPSA) is 345 Å². The van der Waals surface area contributed by atoms with E-state index in [0.717, 1.165) is 36.9 Å². The maximum absolute atomic E-state index is 14.5. The average molecular weight is 1200 g/mol. The van der Waals surface area contributed by atoms with E-state index < -0.39 is 127 Å². The Morgan fingerprint density at radius 2 is 1.41 bits per heavy atom. The van der Waals surface area contributed by atoms with Crippen molar-refractivity contribution in [1.29, 1.82) is 0 Å². The molecule has 2 aliphatic heterocycles. The van der Waals surface area contributed by atoms with Crippen LogP contribution in [0.2, 0.25) is 0 Å². The van der Waals surface area contributed by atoms with Crippen LogP contribution in [-0.2, 0) is 54.4 Å². The number of benzene rings is 2. The van der Waals surface area contributed by atoms with Gasteiger partial charge in [-0.1, -0.05) is 64.9 Å². The average Bonchev–Trinajstić information content (AvgIpc) is 3.37. The summed E-state index contributed by atoms with van der Waals surface area (Å²) in [6.07, 6.45) is -1.16. The summed E-state index contributed by atoms with van der Waals surface area (Å²) in [4.78, 5) is 155. The standard InChI is InChI=1S/C50H66IN9O12S3/c1-2-40(62)37-25-73-28-43(65)57-36(15-6-7-16-54-45(68)30-12-8-14-34(51)19-30)49(72)60-39-27-75-74-26-38(42(64)22-32(47(70)58-37)18-29-10-4-3-5-11-29)59-48(71)33(23-44(66)67)20-35(61)24-56-46(69)31(21-41(39)63)13-9-17-55-50(52)53/h3-5,8,10-12,14,19,31-33,36-39H,2,6-7,9,13,15-18,20-28H2,1H3,(H,54,68)(H,56,69)(H,57,65)(H,58,70)(H,59,71)(H,60,72)(H,66,67)(H4,52,53,55)/t31-,32-,33+,36+,37+,38+,39+/m1/s1/i51-4. The number of amides is 6. The number of Topliss-reactive ketones (excluding diaryl/α,β-unsaturated/α-hetero) is 4. The van der Waals surface area contributed by atoms with E-state index in [0.29, 0.717) is 24.0 Å². The van der Waals surface area contributed by atoms with Crippen LogP contribution < -0.4 is 43.4 Å². The van der Waals surface area contributed by atoms with Crippen LogP contribution in [0.1, 0.15) is 87.1 Å². The van der Waals surface area contributed by atoms with Crippen LogP contribution >= 0.6 is 55.9 Å². The van der Waals surface area contributed by atoms with Crippen molar-refractivity contribution in [3.05, 3.63) is 69.3 Å². The van der Waals surface area contributed by atoms with Crippen molar-refractivity contribution in [2.75, 3.05) is 42.6 Å². The zero-order valence-corrected chi connectivity index (χ0v) is 46.2. The summed E-state index contributed by atoms with van der Waals surface area (Å²) in [6, 6.07) is 10.9. The van der Waals surface area contributed by atoms with Gasteiger partial charge in [-0.05, 0) is 84.9 Å². The Morgan fingerprint density at radius 3 is 2.07 bits per heavy atom. The zero-order chi connectivity index (χ0) is 54.9. The summed E-state index contributed by atoms with van der Waals surface area (Å²) >= 11 is 3.13. The van der Waals surface area contributed by atoms with Gasteiger partial charge in [0, 0.05) is 77.0 Å². The van der Waals surface area contributed by atoms with Crippen LogP contribution in [0.15, 0.2) is 59.6 Å². The molecule has 2 fully saturated rings. The van der Waals surface area contributed by atoms with E-state index >= 15 is 0 Å². The molecule has 0 aliphatic carbocycles. The highest BCUT2D eigenvalue weighted by atomic mass is 123. The summed E-state index contributed by atoms with van der Waals surface area (Å²) in [5.41, 5.74) is 12.2. The third-order valence-corrected chi connectivity index (χ3v) is 16.3. The number of carboxylic acid groups (broad SMARTS) is 1. The van der Waals surface area contributed by atoms with Crippen molar-refractivity contribution in [3.63, 3.8) is 0 Å². The molecular weight excluding hydrogens is 1140 g/mol. The van der Waals surface area contributed by atoms with Crippen LogP contribution in [0, 0.1) is 21.3 Å². The van der Waals surface area contributed by atoms with Crippen molar-refractivity contribution in [2.45, 2.75) is 102 Å². The summed E-state index contributed by atoms with van der Waals surface area (Å²) in [5.74, 6) is -12.0. The molecule has 11 N–H and O–H groups in total. The van der Waals surface area contributed by atoms with Crippen molar-refractivity contribution >= 4 is 126 Å². The summed E-state index contributed by atoms with van der Waals surface area (Å²) in [7, 11) is 2.09. The van der Waals surface area contributed by atoms with Gasteiger partial charge in [-0.3, -0.25) is 57.7 Å². The quantitative estimate of drug-likeness (QED) is 0.0381. The van der Waals surface area contributed by atoms with E-state index in [9.17, 15) is 57.8 Å². The Balaban J connectivity index is 1.74. The first kappa shape index (κ1) is 62.0. The van der Waals surface area contributed by atoms with Gasteiger partial charge in [-0.2, -0.15) is 0 Å². The number of ketones is 4. The van der Waals surface area contributed by atoms with Crippen LogP contribution in [0.4, 0.5) is 0 Å². The molecule has 0 spiro atoms. The molecule has 7 atom stereocenters. The van der Waals surface area contributed by atoms with E-state index in [1.165, 1.54) is 0 Å². The van der Waals surface area contributed by atoms with Crippen molar-refractivity contribution in [1.82, 2.24) is 31.9 Å². The Bertz CT molecular complexity index is 2400. The van der Waals surface area contributed by atoms with Gasteiger partial charge in [-0.25, -0.2) is 0 Å². The predicted molar refractivity (Wildman–Crippen MR) is 295 cm³/mol. The molecule has 2 aliphatic rings. The molecule has 0 radical (unpaired) electrons. The Kier molecular flexibility index (Phi) is 27.1. The van der Waals surface area contributed by atoms with Gasteiger partial charge in [0.25, 0.3) is 5.91 Å². The number of aliphatic imine (C=N–C) groups is 1. The number of guanidine groups is 1. The number of aliphatic carboxylic acids is 1. The number of nitrogens with one attached hydrogen (secondary N) is 6. The first-order valence-corrected chi connectivity index (χ1v) is 29.3. The Labute approximate surface area is 461 Å². The molecule has 4 rings (SSSR count). The Morgan fingerprint density at radius 1 is 0.747 bits per heavy atom. The molecule has 408 valence electrons. The number of halogens is 1. The van der Waals surface area contributed by atoms with Crippen molar-refractivity contribution < 1.29 is 57.8 Å². The molecule has 6 amide bonds. The van der Waals surface area contributed by atoms with E-state index in [-0.39, 0.29) is 85.9 Å². The maximum atomic E-state index is 14.5. The number of carbonyl (C=O) groups excluding carboxylic acids is 10. The molecule has 2 saturated heterocycles. The zero-order valence-electron chi connectivity index (χ0n) is 41.6. The number of unbranched alkanes of at least 4 members (excludes halogenated alkanes) is 1. The minimum absolute atomic E-state index is 0.0270. The number of fused-ring (bicyclic) bond motifs is 5. The lowest BCUT2D eigenvalue weighted by atomic mass is 9.90. The molecule has 2 aromatic rings. The first-order chi connectivity index (χ1) is 35.8. The maximum Gasteiger partial charge on any atom is 0.304 e. The lowest BCUT2D eigenvalue weighted by molar-refractivity contribution is -0.142. The van der Waals surface area contributed by atoms with Crippen LogP contribution in [0.25, 0.3) is 0 Å². The molecule has 75 heavy (non-hydrogen) atoms. The van der Waals surface area contributed by atoms with Gasteiger partial charge in [0.15, 0.2) is 29.1 Å². The van der Waals surface area contributed by atoms with Gasteiger partial charge < -0.3 is 48.5 Å². The molecule has 25 heteroatoms. The van der Waals surface area contributed by atoms with Gasteiger partial charge >= 0.3 is 5.97 Å². The fourth-order valence-corrected chi connectivity index (χ4v) is 11.9. The third-order valence-electron chi connectivity index (χ3n) is 12.2. The number of carbonyl (C=O) groups is 11. The smallest absolute Gasteiger partial charge is 0.304 e. The normalized spacial score (nSPS) is 23.4. The van der Waals surface area contributed by atoms with Crippen molar-refractivity contribution in [2.24, 2.45) is 34.2 Å². The van der Waals surface area contributed by atoms with Crippen molar-refractivity contribution in [3.8, 4) is 0 Å². The highest BCUT2D eigenvalue weighted by Crippen LogP contribution is 2.27. The fraction of sp³-hybridized carbons (Fsp3) is 0.520. The SMILES string of the molecule is CCC(=O)[C@@H]1CSCC(=O)N[C@@H](CCCCNC(=O)c2cccc([123I])c2)C(=O)N[C@H]2CSSC[C@H](NC(=O)[C@H](CC(=O)O)CC(=O)CNC(=O)[C@H](CCCN=C(N)N)CC2=O)C(=O)C[C@@H](Cc2ccccc2)C(=O)N1. The highest BCUT2D eigenvalue weighted by Gasteiger charge is 2.35. The number of carboxylic acids is 1. The lowest BCUT2D eigenvalue weighted by Crippen LogP contribution is -2.53. The number of nitrogens with two attached hydrogens (primary N) is 2. The summed E-state index contributed by atoms with van der Waals surface area (Å²) in [5, 5.41) is 26.1. The molecule has 2 bridgehead atoms. The lowest BCUT2D eigenvalue weighted by Gasteiger charge is -2.26. The minimum atomic E-state index is -1.47. The first-order valence-electron chi connectivity index (χ1n) is 24.6.